The lowest BCUT2D eigenvalue weighted by molar-refractivity contribution is -0.122. The Balaban J connectivity index is 1.33. The van der Waals surface area contributed by atoms with Gasteiger partial charge < -0.3 is 10.2 Å². The largest absolute Gasteiger partial charge is 0.323 e. The summed E-state index contributed by atoms with van der Waals surface area (Å²) in [5.41, 5.74) is 6.92. The highest BCUT2D eigenvalue weighted by Crippen LogP contribution is 2.31. The predicted octanol–water partition coefficient (Wildman–Crippen LogP) is 3.97. The molecule has 1 aromatic heterocycles. The van der Waals surface area contributed by atoms with Gasteiger partial charge in [-0.2, -0.15) is 5.10 Å². The van der Waals surface area contributed by atoms with Crippen molar-refractivity contribution in [3.8, 4) is 5.69 Å². The van der Waals surface area contributed by atoms with E-state index in [-0.39, 0.29) is 24.2 Å². The minimum Gasteiger partial charge on any atom is -0.323 e. The molecule has 2 aliphatic rings. The molecule has 3 aromatic rings. The van der Waals surface area contributed by atoms with Crippen LogP contribution < -0.4 is 10.2 Å². The Labute approximate surface area is 181 Å². The normalized spacial score (nSPS) is 17.8. The van der Waals surface area contributed by atoms with Crippen LogP contribution in [0.1, 0.15) is 35.4 Å². The Morgan fingerprint density at radius 3 is 2.61 bits per heavy atom. The van der Waals surface area contributed by atoms with Crippen LogP contribution in [0.5, 0.6) is 0 Å². The number of carbonyl (C=O) groups excluding carboxylic acids is 2. The van der Waals surface area contributed by atoms with Crippen LogP contribution in [0.25, 0.3) is 5.69 Å². The molecule has 2 amide bonds. The average molecular weight is 415 g/mol. The SMILES string of the molecule is Cc1nn(-c2ccccc2)c(C)c1NC(=O)[C@H]1CC(=O)N(c2ccc3c(c2)CCC3)C1. The number of carbonyl (C=O) groups is 2. The van der Waals surface area contributed by atoms with E-state index >= 15 is 0 Å². The fraction of sp³-hybridized carbons (Fsp3) is 0.320. The highest BCUT2D eigenvalue weighted by Gasteiger charge is 2.36. The van der Waals surface area contributed by atoms with Gasteiger partial charge >= 0.3 is 0 Å². The van der Waals surface area contributed by atoms with Crippen LogP contribution in [0, 0.1) is 19.8 Å². The summed E-state index contributed by atoms with van der Waals surface area (Å²) in [4.78, 5) is 27.5. The van der Waals surface area contributed by atoms with E-state index in [2.05, 4.69) is 22.5 Å². The summed E-state index contributed by atoms with van der Waals surface area (Å²) in [7, 11) is 0. The van der Waals surface area contributed by atoms with Gasteiger partial charge in [-0.3, -0.25) is 9.59 Å². The number of aryl methyl sites for hydroxylation is 3. The number of benzene rings is 2. The van der Waals surface area contributed by atoms with Gasteiger partial charge in [0.1, 0.15) is 0 Å². The van der Waals surface area contributed by atoms with Crippen molar-refractivity contribution in [1.29, 1.82) is 0 Å². The molecule has 0 radical (unpaired) electrons. The first kappa shape index (κ1) is 19.5. The van der Waals surface area contributed by atoms with Crippen molar-refractivity contribution < 1.29 is 9.59 Å². The smallest absolute Gasteiger partial charge is 0.229 e. The Morgan fingerprint density at radius 1 is 1.03 bits per heavy atom. The summed E-state index contributed by atoms with van der Waals surface area (Å²) in [6, 6.07) is 16.1. The van der Waals surface area contributed by atoms with E-state index in [1.807, 2.05) is 54.9 Å². The van der Waals surface area contributed by atoms with Gasteiger partial charge in [-0.25, -0.2) is 4.68 Å². The second kappa shape index (κ2) is 7.69. The Bertz CT molecular complexity index is 1170. The predicted molar refractivity (Wildman–Crippen MR) is 121 cm³/mol. The van der Waals surface area contributed by atoms with Gasteiger partial charge in [0.05, 0.1) is 28.7 Å². The molecule has 1 N–H and O–H groups in total. The van der Waals surface area contributed by atoms with E-state index in [4.69, 9.17) is 0 Å². The van der Waals surface area contributed by atoms with Crippen molar-refractivity contribution in [3.63, 3.8) is 0 Å². The second-order valence-corrected chi connectivity index (χ2v) is 8.49. The van der Waals surface area contributed by atoms with Crippen molar-refractivity contribution in [1.82, 2.24) is 9.78 Å². The number of amides is 2. The van der Waals surface area contributed by atoms with Crippen LogP contribution in [-0.4, -0.2) is 28.1 Å². The van der Waals surface area contributed by atoms with E-state index in [1.54, 1.807) is 4.90 Å². The van der Waals surface area contributed by atoms with Crippen molar-refractivity contribution in [2.24, 2.45) is 5.92 Å². The summed E-state index contributed by atoms with van der Waals surface area (Å²) >= 11 is 0. The van der Waals surface area contributed by atoms with E-state index in [0.717, 1.165) is 41.3 Å². The van der Waals surface area contributed by atoms with Crippen molar-refractivity contribution >= 4 is 23.2 Å². The summed E-state index contributed by atoms with van der Waals surface area (Å²) in [5.74, 6) is -0.498. The van der Waals surface area contributed by atoms with Crippen molar-refractivity contribution in [3.05, 3.63) is 71.0 Å². The third kappa shape index (κ3) is 3.52. The average Bonchev–Trinajstić information content (AvgIpc) is 3.47. The van der Waals surface area contributed by atoms with Crippen LogP contribution in [0.15, 0.2) is 48.5 Å². The standard InChI is InChI=1S/C25H26N4O2/c1-16-24(17(2)29(27-16)21-9-4-3-5-10-21)26-25(31)20-14-23(30)28(15-20)22-12-11-18-7-6-8-19(18)13-22/h3-5,9-13,20H,6-8,14-15H2,1-2H3,(H,26,31)/t20-/m0/s1. The fourth-order valence-electron chi connectivity index (χ4n) is 4.73. The first-order chi connectivity index (χ1) is 15.0. The van der Waals surface area contributed by atoms with E-state index in [0.29, 0.717) is 6.54 Å². The van der Waals surface area contributed by atoms with Crippen molar-refractivity contribution in [2.45, 2.75) is 39.5 Å². The number of anilines is 2. The third-order valence-electron chi connectivity index (χ3n) is 6.43. The Kier molecular flexibility index (Phi) is 4.85. The fourth-order valence-corrected chi connectivity index (χ4v) is 4.73. The molecule has 6 heteroatoms. The minimum absolute atomic E-state index is 0.00604. The molecule has 6 nitrogen and oxygen atoms in total. The first-order valence-corrected chi connectivity index (χ1v) is 10.9. The summed E-state index contributed by atoms with van der Waals surface area (Å²) in [6.45, 7) is 4.24. The molecule has 1 saturated heterocycles. The third-order valence-corrected chi connectivity index (χ3v) is 6.43. The number of fused-ring (bicyclic) bond motifs is 1. The molecule has 5 rings (SSSR count). The maximum atomic E-state index is 13.0. The lowest BCUT2D eigenvalue weighted by atomic mass is 10.1. The zero-order valence-corrected chi connectivity index (χ0v) is 17.9. The molecule has 1 fully saturated rings. The highest BCUT2D eigenvalue weighted by molar-refractivity contribution is 6.03. The molecule has 0 spiro atoms. The molecule has 2 heterocycles. The Morgan fingerprint density at radius 2 is 1.81 bits per heavy atom. The van der Waals surface area contributed by atoms with Gasteiger partial charge in [0.15, 0.2) is 0 Å². The number of hydrogen-bond donors (Lipinski definition) is 1. The maximum Gasteiger partial charge on any atom is 0.229 e. The summed E-state index contributed by atoms with van der Waals surface area (Å²) < 4.78 is 1.83. The van der Waals surface area contributed by atoms with Crippen molar-refractivity contribution in [2.75, 3.05) is 16.8 Å². The highest BCUT2D eigenvalue weighted by atomic mass is 16.2. The number of nitrogens with one attached hydrogen (secondary N) is 1. The molecule has 1 aliphatic heterocycles. The number of aromatic nitrogens is 2. The molecule has 0 saturated carbocycles. The van der Waals surface area contributed by atoms with E-state index in [9.17, 15) is 9.59 Å². The van der Waals surface area contributed by atoms with Crippen LogP contribution in [0.4, 0.5) is 11.4 Å². The number of rotatable bonds is 4. The second-order valence-electron chi connectivity index (χ2n) is 8.49. The number of hydrogen-bond acceptors (Lipinski definition) is 3. The first-order valence-electron chi connectivity index (χ1n) is 10.9. The molecule has 158 valence electrons. The van der Waals surface area contributed by atoms with Gasteiger partial charge in [0.25, 0.3) is 0 Å². The molecule has 0 unspecified atom stereocenters. The summed E-state index contributed by atoms with van der Waals surface area (Å²) in [5, 5.41) is 7.64. The van der Waals surface area contributed by atoms with Crippen LogP contribution >= 0.6 is 0 Å². The lowest BCUT2D eigenvalue weighted by Gasteiger charge is -2.18. The molecular formula is C25H26N4O2. The van der Waals surface area contributed by atoms with Gasteiger partial charge in [0.2, 0.25) is 11.8 Å². The molecule has 0 bridgehead atoms. The zero-order valence-electron chi connectivity index (χ0n) is 17.9. The zero-order chi connectivity index (χ0) is 21.5. The topological polar surface area (TPSA) is 67.2 Å². The molecular weight excluding hydrogens is 388 g/mol. The minimum atomic E-state index is -0.375. The number of nitrogens with zero attached hydrogens (tertiary/aromatic N) is 3. The van der Waals surface area contributed by atoms with Gasteiger partial charge in [-0.15, -0.1) is 0 Å². The molecule has 1 aliphatic carbocycles. The Hall–Kier alpha value is -3.41. The van der Waals surface area contributed by atoms with Crippen LogP contribution in [0.3, 0.4) is 0 Å². The lowest BCUT2D eigenvalue weighted by Crippen LogP contribution is -2.28. The van der Waals surface area contributed by atoms with Gasteiger partial charge in [-0.1, -0.05) is 24.3 Å². The monoisotopic (exact) mass is 414 g/mol. The molecule has 1 atom stereocenters. The summed E-state index contributed by atoms with van der Waals surface area (Å²) in [6.07, 6.45) is 3.59. The number of para-hydroxylation sites is 1. The van der Waals surface area contributed by atoms with Crippen LogP contribution in [-0.2, 0) is 22.4 Å². The molecule has 2 aromatic carbocycles. The van der Waals surface area contributed by atoms with Gasteiger partial charge in [-0.05, 0) is 68.5 Å². The van der Waals surface area contributed by atoms with Crippen LogP contribution in [0.2, 0.25) is 0 Å². The quantitative estimate of drug-likeness (QED) is 0.702. The molecule has 31 heavy (non-hydrogen) atoms. The van der Waals surface area contributed by atoms with E-state index < -0.39 is 0 Å². The van der Waals surface area contributed by atoms with E-state index in [1.165, 1.54) is 17.5 Å². The maximum absolute atomic E-state index is 13.0. The van der Waals surface area contributed by atoms with Gasteiger partial charge in [0, 0.05) is 18.7 Å².